The summed E-state index contributed by atoms with van der Waals surface area (Å²) in [5, 5.41) is 0. The van der Waals surface area contributed by atoms with Gasteiger partial charge in [0.1, 0.15) is 12.4 Å². The molecule has 0 atom stereocenters. The highest BCUT2D eigenvalue weighted by molar-refractivity contribution is 7.86. The molecule has 35 heavy (non-hydrogen) atoms. The number of benzene rings is 1. The van der Waals surface area contributed by atoms with Crippen molar-refractivity contribution in [2.75, 3.05) is 5.75 Å². The average molecular weight is 532 g/mol. The van der Waals surface area contributed by atoms with Gasteiger partial charge >= 0.3 is 0 Å². The molecule has 0 aliphatic heterocycles. The molecule has 0 bridgehead atoms. The lowest BCUT2D eigenvalue weighted by atomic mass is 10.0. The average Bonchev–Trinajstić information content (AvgIpc) is 3.19. The quantitative estimate of drug-likeness (QED) is 0.179. The molecule has 0 saturated carbocycles. The summed E-state index contributed by atoms with van der Waals surface area (Å²) in [6, 6.07) is 6.52. The Balaban J connectivity index is 0.000000400. The predicted octanol–water partition coefficient (Wildman–Crippen LogP) is 4.99. The minimum absolute atomic E-state index is 0.0284. The molecular formula is C25H43N2O6S2+. The van der Waals surface area contributed by atoms with Crippen molar-refractivity contribution in [2.24, 2.45) is 7.05 Å². The van der Waals surface area contributed by atoms with Crippen LogP contribution in [-0.4, -0.2) is 36.3 Å². The Morgan fingerprint density at radius 1 is 0.800 bits per heavy atom. The van der Waals surface area contributed by atoms with Gasteiger partial charge in [-0.25, -0.2) is 9.13 Å². The standard InChI is InChI=1S/C18H30O3S.C7H12N2O3S/c1-2-3-4-5-6-7-8-9-10-11-12-17-13-15-18(16-14-17)22(19,20)21;1-8-4-5-9(7-8)3-2-6-13(10,11)12/h13-16H,2-12H2,1H3,(H,19,20,21);4-5,7H,2-3,6H2,1H3/p+1. The highest BCUT2D eigenvalue weighted by Crippen LogP contribution is 2.14. The number of aryl methyl sites for hydroxylation is 3. The number of hydrogen-bond donors (Lipinski definition) is 2. The van der Waals surface area contributed by atoms with Crippen LogP contribution in [-0.2, 0) is 40.2 Å². The van der Waals surface area contributed by atoms with E-state index in [4.69, 9.17) is 9.11 Å². The van der Waals surface area contributed by atoms with E-state index in [9.17, 15) is 16.8 Å². The zero-order chi connectivity index (χ0) is 26.2. The van der Waals surface area contributed by atoms with Crippen LogP contribution in [0.2, 0.25) is 0 Å². The molecule has 0 amide bonds. The van der Waals surface area contributed by atoms with Crippen LogP contribution in [0, 0.1) is 0 Å². The van der Waals surface area contributed by atoms with Crippen LogP contribution < -0.4 is 4.57 Å². The summed E-state index contributed by atoms with van der Waals surface area (Å²) in [5.74, 6) is -0.186. The van der Waals surface area contributed by atoms with E-state index in [1.165, 1.54) is 69.9 Å². The van der Waals surface area contributed by atoms with Gasteiger partial charge in [-0.2, -0.15) is 16.8 Å². The molecule has 2 N–H and O–H groups in total. The van der Waals surface area contributed by atoms with Crippen molar-refractivity contribution in [1.82, 2.24) is 4.57 Å². The molecule has 0 unspecified atom stereocenters. The summed E-state index contributed by atoms with van der Waals surface area (Å²) in [7, 11) is -5.98. The first-order chi connectivity index (χ1) is 16.5. The molecular weight excluding hydrogens is 488 g/mol. The van der Waals surface area contributed by atoms with Crippen molar-refractivity contribution >= 4 is 20.2 Å². The molecule has 0 aliphatic carbocycles. The van der Waals surface area contributed by atoms with Gasteiger partial charge in [0.25, 0.3) is 20.2 Å². The summed E-state index contributed by atoms with van der Waals surface area (Å²) < 4.78 is 63.7. The van der Waals surface area contributed by atoms with Gasteiger partial charge in [-0.05, 0) is 30.5 Å². The second-order valence-electron chi connectivity index (χ2n) is 9.01. The van der Waals surface area contributed by atoms with Crippen molar-refractivity contribution < 1.29 is 30.5 Å². The predicted molar refractivity (Wildman–Crippen MR) is 138 cm³/mol. The van der Waals surface area contributed by atoms with Gasteiger partial charge in [0.15, 0.2) is 0 Å². The third-order valence-corrected chi connectivity index (χ3v) is 7.36. The van der Waals surface area contributed by atoms with Gasteiger partial charge in [-0.3, -0.25) is 9.11 Å². The Labute approximate surface area is 211 Å². The second kappa shape index (κ2) is 16.8. The Morgan fingerprint density at radius 2 is 1.34 bits per heavy atom. The molecule has 1 aromatic heterocycles. The van der Waals surface area contributed by atoms with Crippen LogP contribution in [0.3, 0.4) is 0 Å². The minimum Gasteiger partial charge on any atom is -0.286 e. The maximum atomic E-state index is 10.9. The Bertz CT molecular complexity index is 1030. The lowest BCUT2D eigenvalue weighted by molar-refractivity contribution is -0.671. The maximum absolute atomic E-state index is 10.9. The number of aromatic nitrogens is 2. The van der Waals surface area contributed by atoms with Gasteiger partial charge in [0.2, 0.25) is 6.33 Å². The highest BCUT2D eigenvalue weighted by Gasteiger charge is 2.08. The fourth-order valence-corrected chi connectivity index (χ4v) is 4.68. The molecule has 200 valence electrons. The number of nitrogens with zero attached hydrogens (tertiary/aromatic N) is 2. The zero-order valence-corrected chi connectivity index (χ0v) is 22.8. The van der Waals surface area contributed by atoms with Crippen LogP contribution >= 0.6 is 0 Å². The topological polar surface area (TPSA) is 118 Å². The third-order valence-electron chi connectivity index (χ3n) is 5.68. The van der Waals surface area contributed by atoms with Crippen molar-refractivity contribution in [3.05, 3.63) is 48.5 Å². The van der Waals surface area contributed by atoms with E-state index in [-0.39, 0.29) is 10.6 Å². The molecule has 1 heterocycles. The SMILES string of the molecule is CCCCCCCCCCCCc1ccc(S(=O)(=O)O)cc1.C[n+]1ccn(CCCS(=O)(=O)O)c1. The van der Waals surface area contributed by atoms with Crippen LogP contribution in [0.15, 0.2) is 47.9 Å². The summed E-state index contributed by atoms with van der Waals surface area (Å²) in [5.41, 5.74) is 1.13. The smallest absolute Gasteiger partial charge is 0.286 e. The van der Waals surface area contributed by atoms with E-state index in [0.717, 1.165) is 18.4 Å². The van der Waals surface area contributed by atoms with Gasteiger partial charge in [0, 0.05) is 6.42 Å². The highest BCUT2D eigenvalue weighted by atomic mass is 32.2. The second-order valence-corrected chi connectivity index (χ2v) is 12.0. The largest absolute Gasteiger partial charge is 0.294 e. The lowest BCUT2D eigenvalue weighted by Crippen LogP contribution is -2.23. The Kier molecular flexibility index (Phi) is 15.0. The zero-order valence-electron chi connectivity index (χ0n) is 21.2. The van der Waals surface area contributed by atoms with Gasteiger partial charge in [-0.1, -0.05) is 76.8 Å². The maximum Gasteiger partial charge on any atom is 0.294 e. The van der Waals surface area contributed by atoms with Crippen LogP contribution in [0.4, 0.5) is 0 Å². The molecule has 2 rings (SSSR count). The van der Waals surface area contributed by atoms with E-state index < -0.39 is 20.2 Å². The Morgan fingerprint density at radius 3 is 1.80 bits per heavy atom. The summed E-state index contributed by atoms with van der Waals surface area (Å²) in [6.45, 7) is 2.84. The van der Waals surface area contributed by atoms with Crippen molar-refractivity contribution in [3.8, 4) is 0 Å². The summed E-state index contributed by atoms with van der Waals surface area (Å²) in [4.78, 5) is -0.0284. The van der Waals surface area contributed by atoms with E-state index in [1.807, 2.05) is 34.9 Å². The molecule has 10 heteroatoms. The molecule has 0 saturated heterocycles. The van der Waals surface area contributed by atoms with Crippen LogP contribution in [0.1, 0.15) is 83.1 Å². The van der Waals surface area contributed by atoms with Gasteiger partial charge < -0.3 is 0 Å². The monoisotopic (exact) mass is 531 g/mol. The minimum atomic E-state index is -4.06. The number of unbranched alkanes of at least 4 members (excludes halogenated alkanes) is 9. The van der Waals surface area contributed by atoms with Gasteiger partial charge in [-0.15, -0.1) is 0 Å². The van der Waals surface area contributed by atoms with Crippen molar-refractivity contribution in [2.45, 2.75) is 95.4 Å². The molecule has 0 fully saturated rings. The van der Waals surface area contributed by atoms with Crippen molar-refractivity contribution in [3.63, 3.8) is 0 Å². The number of imidazole rings is 1. The normalized spacial score (nSPS) is 11.8. The number of rotatable bonds is 16. The first kappa shape index (κ1) is 31.3. The summed E-state index contributed by atoms with van der Waals surface area (Å²) >= 11 is 0. The van der Waals surface area contributed by atoms with E-state index in [2.05, 4.69) is 6.92 Å². The molecule has 2 aromatic rings. The lowest BCUT2D eigenvalue weighted by Gasteiger charge is -2.04. The first-order valence-electron chi connectivity index (χ1n) is 12.5. The van der Waals surface area contributed by atoms with Crippen molar-refractivity contribution in [1.29, 1.82) is 0 Å². The summed E-state index contributed by atoms with van der Waals surface area (Å²) in [6.07, 6.45) is 20.1. The molecule has 8 nitrogen and oxygen atoms in total. The molecule has 0 radical (unpaired) electrons. The van der Waals surface area contributed by atoms with E-state index in [1.54, 1.807) is 12.1 Å². The first-order valence-corrected chi connectivity index (χ1v) is 15.6. The fourth-order valence-electron chi connectivity index (χ4n) is 3.71. The molecule has 0 aliphatic rings. The van der Waals surface area contributed by atoms with E-state index in [0.29, 0.717) is 13.0 Å². The van der Waals surface area contributed by atoms with E-state index >= 15 is 0 Å². The third kappa shape index (κ3) is 16.5. The van der Waals surface area contributed by atoms with Gasteiger partial charge in [0.05, 0.1) is 24.2 Å². The Hall–Kier alpha value is -1.75. The van der Waals surface area contributed by atoms with Crippen LogP contribution in [0.25, 0.3) is 0 Å². The number of hydrogen-bond acceptors (Lipinski definition) is 4. The molecule has 0 spiro atoms. The van der Waals surface area contributed by atoms with Crippen LogP contribution in [0.5, 0.6) is 0 Å². The molecule has 1 aromatic carbocycles. The fraction of sp³-hybridized carbons (Fsp3) is 0.640.